The van der Waals surface area contributed by atoms with Crippen LogP contribution in [0.2, 0.25) is 0 Å². The second-order valence-corrected chi connectivity index (χ2v) is 9.12. The molecule has 37 heavy (non-hydrogen) atoms. The molecule has 6 heteroatoms. The highest BCUT2D eigenvalue weighted by Gasteiger charge is 2.14. The predicted octanol–water partition coefficient (Wildman–Crippen LogP) is 8.13. The number of hydrogen-bond donors (Lipinski definition) is 0. The summed E-state index contributed by atoms with van der Waals surface area (Å²) in [4.78, 5) is 23.0. The maximum absolute atomic E-state index is 11.6. The summed E-state index contributed by atoms with van der Waals surface area (Å²) in [6.45, 7) is 8.36. The molecule has 0 unspecified atom stereocenters. The first-order chi connectivity index (χ1) is 17.7. The van der Waals surface area contributed by atoms with Crippen molar-refractivity contribution >= 4 is 12.3 Å². The van der Waals surface area contributed by atoms with E-state index in [0.29, 0.717) is 23.0 Å². The number of ether oxygens (including phenoxy) is 4. The van der Waals surface area contributed by atoms with Crippen LogP contribution in [-0.2, 0) is 5.41 Å². The Bertz CT molecular complexity index is 1260. The van der Waals surface area contributed by atoms with E-state index in [9.17, 15) is 9.59 Å². The van der Waals surface area contributed by atoms with Crippen molar-refractivity contribution in [1.82, 2.24) is 0 Å². The molecule has 0 aliphatic rings. The smallest absolute Gasteiger partial charge is 0.395 e. The lowest BCUT2D eigenvalue weighted by Crippen LogP contribution is -2.14. The first kappa shape index (κ1) is 27.0. The average molecular weight is 499 g/mol. The van der Waals surface area contributed by atoms with Crippen molar-refractivity contribution in [3.05, 3.63) is 120 Å². The summed E-state index contributed by atoms with van der Waals surface area (Å²) in [7, 11) is 0. The summed E-state index contributed by atoms with van der Waals surface area (Å²) >= 11 is 0. The number of aryl methyl sites for hydroxylation is 1. The van der Waals surface area contributed by atoms with Gasteiger partial charge in [0, 0.05) is 0 Å². The van der Waals surface area contributed by atoms with E-state index in [4.69, 9.17) is 18.9 Å². The van der Waals surface area contributed by atoms with Gasteiger partial charge in [-0.25, -0.2) is 9.59 Å². The summed E-state index contributed by atoms with van der Waals surface area (Å²) < 4.78 is 20.2. The Balaban J connectivity index is 0.000000208. The maximum atomic E-state index is 11.6. The van der Waals surface area contributed by atoms with E-state index < -0.39 is 12.3 Å². The van der Waals surface area contributed by atoms with E-state index in [-0.39, 0.29) is 5.41 Å². The molecule has 0 aliphatic heterocycles. The fourth-order valence-electron chi connectivity index (χ4n) is 3.03. The lowest BCUT2D eigenvalue weighted by atomic mass is 9.87. The molecular formula is C31H30O6. The van der Waals surface area contributed by atoms with E-state index in [1.54, 1.807) is 72.8 Å². The fraction of sp³-hybridized carbons (Fsp3) is 0.161. The summed E-state index contributed by atoms with van der Waals surface area (Å²) in [5.41, 5.74) is 2.36. The maximum Gasteiger partial charge on any atom is 0.519 e. The second-order valence-electron chi connectivity index (χ2n) is 9.12. The Kier molecular flexibility index (Phi) is 9.44. The molecule has 0 bridgehead atoms. The molecule has 0 atom stereocenters. The molecule has 4 aromatic carbocycles. The van der Waals surface area contributed by atoms with Crippen molar-refractivity contribution in [3.8, 4) is 23.0 Å². The molecule has 0 saturated carbocycles. The van der Waals surface area contributed by atoms with Gasteiger partial charge in [-0.15, -0.1) is 0 Å². The van der Waals surface area contributed by atoms with Gasteiger partial charge in [0.15, 0.2) is 0 Å². The number of para-hydroxylation sites is 2. The van der Waals surface area contributed by atoms with Crippen LogP contribution < -0.4 is 18.9 Å². The molecule has 0 aromatic heterocycles. The molecule has 0 fully saturated rings. The molecule has 190 valence electrons. The molecule has 0 N–H and O–H groups in total. The zero-order valence-electron chi connectivity index (χ0n) is 21.3. The van der Waals surface area contributed by atoms with E-state index >= 15 is 0 Å². The largest absolute Gasteiger partial charge is 0.519 e. The van der Waals surface area contributed by atoms with Gasteiger partial charge in [-0.3, -0.25) is 0 Å². The highest BCUT2D eigenvalue weighted by molar-refractivity contribution is 5.67. The Morgan fingerprint density at radius 3 is 1.16 bits per heavy atom. The number of hydrogen-bond acceptors (Lipinski definition) is 6. The van der Waals surface area contributed by atoms with Crippen LogP contribution >= 0.6 is 0 Å². The topological polar surface area (TPSA) is 71.1 Å². The van der Waals surface area contributed by atoms with Crippen LogP contribution in [0.1, 0.15) is 31.9 Å². The normalized spacial score (nSPS) is 10.4. The summed E-state index contributed by atoms with van der Waals surface area (Å²) in [6, 6.07) is 32.3. The molecule has 0 aliphatic carbocycles. The van der Waals surface area contributed by atoms with Crippen molar-refractivity contribution in [2.45, 2.75) is 33.1 Å². The zero-order valence-corrected chi connectivity index (χ0v) is 21.3. The first-order valence-corrected chi connectivity index (χ1v) is 11.8. The van der Waals surface area contributed by atoms with E-state index in [1.807, 2.05) is 43.3 Å². The minimum atomic E-state index is -0.736. The predicted molar refractivity (Wildman–Crippen MR) is 143 cm³/mol. The molecular weight excluding hydrogens is 468 g/mol. The summed E-state index contributed by atoms with van der Waals surface area (Å²) in [5.74, 6) is 1.86. The lowest BCUT2D eigenvalue weighted by molar-refractivity contribution is 0.150. The molecule has 4 aromatic rings. The number of benzene rings is 4. The van der Waals surface area contributed by atoms with Crippen molar-refractivity contribution in [3.63, 3.8) is 0 Å². The van der Waals surface area contributed by atoms with Crippen LogP contribution in [0, 0.1) is 6.92 Å². The molecule has 0 radical (unpaired) electrons. The summed E-state index contributed by atoms with van der Waals surface area (Å²) in [6.07, 6.45) is -1.47. The van der Waals surface area contributed by atoms with Gasteiger partial charge in [0.1, 0.15) is 23.0 Å². The lowest BCUT2D eigenvalue weighted by Gasteiger charge is -2.18. The van der Waals surface area contributed by atoms with Gasteiger partial charge in [-0.2, -0.15) is 0 Å². The van der Waals surface area contributed by atoms with E-state index in [2.05, 4.69) is 20.8 Å². The Labute approximate surface area is 217 Å². The van der Waals surface area contributed by atoms with Gasteiger partial charge >= 0.3 is 12.3 Å². The van der Waals surface area contributed by atoms with Gasteiger partial charge in [-0.1, -0.05) is 87.0 Å². The van der Waals surface area contributed by atoms with E-state index in [1.165, 1.54) is 5.56 Å². The van der Waals surface area contributed by atoms with Crippen LogP contribution in [0.25, 0.3) is 0 Å². The van der Waals surface area contributed by atoms with Crippen molar-refractivity contribution in [2.24, 2.45) is 0 Å². The molecule has 0 spiro atoms. The minimum absolute atomic E-state index is 0.0725. The summed E-state index contributed by atoms with van der Waals surface area (Å²) in [5, 5.41) is 0. The van der Waals surface area contributed by atoms with E-state index in [0.717, 1.165) is 5.56 Å². The van der Waals surface area contributed by atoms with Crippen LogP contribution in [-0.4, -0.2) is 12.3 Å². The molecule has 4 rings (SSSR count). The minimum Gasteiger partial charge on any atom is -0.395 e. The third-order valence-electron chi connectivity index (χ3n) is 5.03. The first-order valence-electron chi connectivity index (χ1n) is 11.8. The van der Waals surface area contributed by atoms with Gasteiger partial charge in [0.2, 0.25) is 0 Å². The Morgan fingerprint density at radius 2 is 0.811 bits per heavy atom. The third-order valence-corrected chi connectivity index (χ3v) is 5.03. The number of rotatable bonds is 4. The Hall–Kier alpha value is -4.58. The molecule has 0 saturated heterocycles. The van der Waals surface area contributed by atoms with Gasteiger partial charge in [0.25, 0.3) is 0 Å². The third kappa shape index (κ3) is 9.53. The van der Waals surface area contributed by atoms with Crippen molar-refractivity contribution < 1.29 is 28.5 Å². The van der Waals surface area contributed by atoms with Crippen LogP contribution in [0.5, 0.6) is 23.0 Å². The molecule has 6 nitrogen and oxygen atoms in total. The van der Waals surface area contributed by atoms with Gasteiger partial charge < -0.3 is 18.9 Å². The van der Waals surface area contributed by atoms with Crippen molar-refractivity contribution in [2.75, 3.05) is 0 Å². The highest BCUT2D eigenvalue weighted by Crippen LogP contribution is 2.24. The molecule has 0 amide bonds. The average Bonchev–Trinajstić information content (AvgIpc) is 2.87. The Morgan fingerprint density at radius 1 is 0.486 bits per heavy atom. The number of carbonyl (C=O) groups excluding carboxylic acids is 2. The number of carbonyl (C=O) groups is 2. The molecule has 0 heterocycles. The van der Waals surface area contributed by atoms with Crippen LogP contribution in [0.4, 0.5) is 9.59 Å². The van der Waals surface area contributed by atoms with Gasteiger partial charge in [0.05, 0.1) is 0 Å². The standard InChI is InChI=1S/C17H18O3.C14H12O3/c1-17(2,3)13-9-11-15(12-10-13)20-16(18)19-14-7-5-4-6-8-14;1-11-7-9-13(10-8-11)17-14(15)16-12-5-3-2-4-6-12/h4-12H,1-3H3;2-10H,1H3. The monoisotopic (exact) mass is 498 g/mol. The fourth-order valence-corrected chi connectivity index (χ4v) is 3.03. The quantitative estimate of drug-likeness (QED) is 0.209. The van der Waals surface area contributed by atoms with Gasteiger partial charge in [-0.05, 0) is 66.4 Å². The van der Waals surface area contributed by atoms with Crippen LogP contribution in [0.3, 0.4) is 0 Å². The van der Waals surface area contributed by atoms with Crippen LogP contribution in [0.15, 0.2) is 109 Å². The highest BCUT2D eigenvalue weighted by atomic mass is 16.7. The SMILES string of the molecule is CC(C)(C)c1ccc(OC(=O)Oc2ccccc2)cc1.Cc1ccc(OC(=O)Oc2ccccc2)cc1. The van der Waals surface area contributed by atoms with Crippen molar-refractivity contribution in [1.29, 1.82) is 0 Å². The second kappa shape index (κ2) is 12.9. The zero-order chi connectivity index (χ0) is 26.7.